The highest BCUT2D eigenvalue weighted by Crippen LogP contribution is 2.37. The van der Waals surface area contributed by atoms with E-state index in [4.69, 9.17) is 14.2 Å². The van der Waals surface area contributed by atoms with Crippen molar-refractivity contribution in [3.05, 3.63) is 17.8 Å². The molecule has 0 spiro atoms. The molecule has 1 aliphatic rings. The van der Waals surface area contributed by atoms with E-state index in [0.717, 1.165) is 5.56 Å². The monoisotopic (exact) mass is 310 g/mol. The van der Waals surface area contributed by atoms with Crippen molar-refractivity contribution in [3.63, 3.8) is 0 Å². The first kappa shape index (κ1) is 17.0. The second-order valence-electron chi connectivity index (χ2n) is 6.69. The molecule has 0 amide bonds. The summed E-state index contributed by atoms with van der Waals surface area (Å²) in [6.07, 6.45) is 4.78. The van der Waals surface area contributed by atoms with Gasteiger partial charge >= 0.3 is 0 Å². The van der Waals surface area contributed by atoms with Crippen molar-refractivity contribution in [2.75, 3.05) is 13.2 Å². The van der Waals surface area contributed by atoms with Crippen LogP contribution in [0, 0.1) is 11.3 Å². The summed E-state index contributed by atoms with van der Waals surface area (Å²) in [4.78, 5) is 0. The standard InChI is InChI=1S/C16H26N2O4/c1-11(2)9-20-14-13(15-21-12(3)22-15)8-17-18(14)7-6-16(4,5)10-19/h6-8,11-12,15,19H,9-10H2,1-5H3/b7-6+. The summed E-state index contributed by atoms with van der Waals surface area (Å²) in [5, 5.41) is 13.7. The van der Waals surface area contributed by atoms with E-state index in [2.05, 4.69) is 18.9 Å². The number of hydrogen-bond acceptors (Lipinski definition) is 5. The van der Waals surface area contributed by atoms with Crippen LogP contribution in [0.2, 0.25) is 0 Å². The fourth-order valence-electron chi connectivity index (χ4n) is 1.86. The van der Waals surface area contributed by atoms with Crippen molar-refractivity contribution in [3.8, 4) is 5.88 Å². The molecule has 0 unspecified atom stereocenters. The predicted octanol–water partition coefficient (Wildman–Crippen LogP) is 2.80. The maximum absolute atomic E-state index is 9.34. The molecule has 6 nitrogen and oxygen atoms in total. The highest BCUT2D eigenvalue weighted by molar-refractivity contribution is 5.36. The summed E-state index contributed by atoms with van der Waals surface area (Å²) in [5.41, 5.74) is 0.463. The van der Waals surface area contributed by atoms with E-state index < -0.39 is 6.29 Å². The predicted molar refractivity (Wildman–Crippen MR) is 83.1 cm³/mol. The van der Waals surface area contributed by atoms with Gasteiger partial charge in [0.1, 0.15) is 0 Å². The molecule has 0 atom stereocenters. The number of aliphatic hydroxyl groups is 1. The molecular weight excluding hydrogens is 284 g/mol. The maximum atomic E-state index is 9.34. The van der Waals surface area contributed by atoms with E-state index >= 15 is 0 Å². The molecule has 0 aliphatic carbocycles. The first-order valence-electron chi connectivity index (χ1n) is 7.64. The van der Waals surface area contributed by atoms with Crippen LogP contribution in [0.4, 0.5) is 0 Å². The number of ether oxygens (including phenoxy) is 3. The molecule has 22 heavy (non-hydrogen) atoms. The van der Waals surface area contributed by atoms with Crippen molar-refractivity contribution in [2.45, 2.75) is 47.2 Å². The minimum atomic E-state index is -0.426. The first-order valence-corrected chi connectivity index (χ1v) is 7.64. The van der Waals surface area contributed by atoms with Gasteiger partial charge in [-0.25, -0.2) is 4.68 Å². The van der Waals surface area contributed by atoms with Crippen LogP contribution in [-0.2, 0) is 9.47 Å². The van der Waals surface area contributed by atoms with Crippen LogP contribution < -0.4 is 4.74 Å². The molecule has 124 valence electrons. The molecule has 1 N–H and O–H groups in total. The Bertz CT molecular complexity index is 516. The fraction of sp³-hybridized carbons (Fsp3) is 0.688. The Morgan fingerprint density at radius 2 is 2.14 bits per heavy atom. The zero-order valence-electron chi connectivity index (χ0n) is 13.9. The molecule has 6 heteroatoms. The third-order valence-corrected chi connectivity index (χ3v) is 3.29. The van der Waals surface area contributed by atoms with Crippen LogP contribution in [-0.4, -0.2) is 34.4 Å². The number of aliphatic hydroxyl groups excluding tert-OH is 1. The summed E-state index contributed by atoms with van der Waals surface area (Å²) in [6.45, 7) is 10.6. The highest BCUT2D eigenvalue weighted by atomic mass is 16.9. The van der Waals surface area contributed by atoms with Gasteiger partial charge in [0, 0.05) is 11.6 Å². The van der Waals surface area contributed by atoms with Gasteiger partial charge in [-0.05, 0) is 12.8 Å². The van der Waals surface area contributed by atoms with E-state index in [1.807, 2.05) is 26.8 Å². The summed E-state index contributed by atoms with van der Waals surface area (Å²) >= 11 is 0. The summed E-state index contributed by atoms with van der Waals surface area (Å²) in [5.74, 6) is 1.02. The lowest BCUT2D eigenvalue weighted by atomic mass is 9.95. The van der Waals surface area contributed by atoms with Crippen molar-refractivity contribution in [2.24, 2.45) is 11.3 Å². The highest BCUT2D eigenvalue weighted by Gasteiger charge is 2.33. The molecule has 1 aromatic heterocycles. The van der Waals surface area contributed by atoms with Gasteiger partial charge in [0.2, 0.25) is 5.88 Å². The Morgan fingerprint density at radius 3 is 2.68 bits per heavy atom. The van der Waals surface area contributed by atoms with E-state index in [1.54, 1.807) is 17.1 Å². The summed E-state index contributed by atoms with van der Waals surface area (Å²) < 4.78 is 18.6. The maximum Gasteiger partial charge on any atom is 0.224 e. The second kappa shape index (κ2) is 6.81. The first-order chi connectivity index (χ1) is 10.3. The van der Waals surface area contributed by atoms with Crippen LogP contribution in [0.3, 0.4) is 0 Å². The van der Waals surface area contributed by atoms with Crippen LogP contribution >= 0.6 is 0 Å². The smallest absolute Gasteiger partial charge is 0.224 e. The molecule has 2 rings (SSSR count). The van der Waals surface area contributed by atoms with Gasteiger partial charge in [-0.1, -0.05) is 33.8 Å². The second-order valence-corrected chi connectivity index (χ2v) is 6.69. The van der Waals surface area contributed by atoms with Crippen molar-refractivity contribution in [1.82, 2.24) is 9.78 Å². The Labute approximate surface area is 131 Å². The number of nitrogens with zero attached hydrogens (tertiary/aromatic N) is 2. The van der Waals surface area contributed by atoms with Gasteiger partial charge in [0.15, 0.2) is 12.6 Å². The minimum Gasteiger partial charge on any atom is -0.477 e. The summed E-state index contributed by atoms with van der Waals surface area (Å²) in [7, 11) is 0. The van der Waals surface area contributed by atoms with Crippen molar-refractivity contribution in [1.29, 1.82) is 0 Å². The van der Waals surface area contributed by atoms with E-state index in [-0.39, 0.29) is 18.3 Å². The quantitative estimate of drug-likeness (QED) is 0.839. The average Bonchev–Trinajstić information content (AvgIpc) is 2.82. The van der Waals surface area contributed by atoms with E-state index in [9.17, 15) is 5.11 Å². The SMILES string of the molecule is CC(C)COc1c(C2OC(C)O2)cnn1/C=C/C(C)(C)CO. The van der Waals surface area contributed by atoms with Gasteiger partial charge in [0.25, 0.3) is 0 Å². The number of hydrogen-bond donors (Lipinski definition) is 1. The average molecular weight is 310 g/mol. The zero-order chi connectivity index (χ0) is 16.3. The Balaban J connectivity index is 2.21. The van der Waals surface area contributed by atoms with Gasteiger partial charge in [-0.2, -0.15) is 5.10 Å². The van der Waals surface area contributed by atoms with Gasteiger partial charge in [0.05, 0.1) is 25.0 Å². The van der Waals surface area contributed by atoms with Crippen molar-refractivity contribution >= 4 is 6.20 Å². The van der Waals surface area contributed by atoms with Crippen LogP contribution in [0.1, 0.15) is 46.5 Å². The van der Waals surface area contributed by atoms with Crippen LogP contribution in [0.5, 0.6) is 5.88 Å². The minimum absolute atomic E-state index is 0.0617. The molecule has 2 heterocycles. The lowest BCUT2D eigenvalue weighted by molar-refractivity contribution is -0.382. The van der Waals surface area contributed by atoms with Crippen molar-refractivity contribution < 1.29 is 19.3 Å². The van der Waals surface area contributed by atoms with Gasteiger partial charge in [-0.15, -0.1) is 0 Å². The van der Waals surface area contributed by atoms with Crippen LogP contribution in [0.25, 0.3) is 6.20 Å². The number of rotatable bonds is 7. The van der Waals surface area contributed by atoms with Gasteiger partial charge in [-0.3, -0.25) is 0 Å². The Kier molecular flexibility index (Phi) is 5.26. The largest absolute Gasteiger partial charge is 0.477 e. The number of aromatic nitrogens is 2. The topological polar surface area (TPSA) is 65.7 Å². The molecule has 1 aliphatic heterocycles. The Morgan fingerprint density at radius 1 is 1.45 bits per heavy atom. The third kappa shape index (κ3) is 4.09. The lowest BCUT2D eigenvalue weighted by Gasteiger charge is -2.33. The molecule has 0 aromatic carbocycles. The zero-order valence-corrected chi connectivity index (χ0v) is 13.9. The van der Waals surface area contributed by atoms with Crippen LogP contribution in [0.15, 0.2) is 12.3 Å². The molecule has 1 fully saturated rings. The molecule has 0 bridgehead atoms. The third-order valence-electron chi connectivity index (χ3n) is 3.29. The molecule has 0 saturated carbocycles. The molecule has 1 saturated heterocycles. The lowest BCUT2D eigenvalue weighted by Crippen LogP contribution is -2.31. The summed E-state index contributed by atoms with van der Waals surface area (Å²) in [6, 6.07) is 0. The normalized spacial score (nSPS) is 22.3. The van der Waals surface area contributed by atoms with Gasteiger partial charge < -0.3 is 19.3 Å². The van der Waals surface area contributed by atoms with E-state index in [1.165, 1.54) is 0 Å². The fourth-order valence-corrected chi connectivity index (χ4v) is 1.86. The molecule has 1 aromatic rings. The Hall–Kier alpha value is -1.37. The molecular formula is C16H26N2O4. The molecule has 0 radical (unpaired) electrons. The van der Waals surface area contributed by atoms with E-state index in [0.29, 0.717) is 18.4 Å².